The van der Waals surface area contributed by atoms with Gasteiger partial charge in [0.15, 0.2) is 16.7 Å². The summed E-state index contributed by atoms with van der Waals surface area (Å²) in [6, 6.07) is 10.7. The summed E-state index contributed by atoms with van der Waals surface area (Å²) in [5.41, 5.74) is 1.09. The minimum atomic E-state index is -0.587. The van der Waals surface area contributed by atoms with Crippen LogP contribution in [0.1, 0.15) is 6.42 Å². The number of nitrogens with zero attached hydrogens (tertiary/aromatic N) is 1. The number of hydrogen-bond donors (Lipinski definition) is 2. The minimum absolute atomic E-state index is 0.0198. The number of benzene rings is 2. The molecule has 0 spiro atoms. The predicted molar refractivity (Wildman–Crippen MR) is 104 cm³/mol. The Balaban J connectivity index is 1.38. The van der Waals surface area contributed by atoms with Crippen LogP contribution >= 0.6 is 11.8 Å². The fourth-order valence-corrected chi connectivity index (χ4v) is 3.71. The van der Waals surface area contributed by atoms with Gasteiger partial charge in [0.25, 0.3) is 0 Å². The molecule has 2 aromatic rings. The lowest BCUT2D eigenvalue weighted by atomic mass is 10.2. The topological polar surface area (TPSA) is 89.0 Å². The van der Waals surface area contributed by atoms with Crippen molar-refractivity contribution in [2.24, 2.45) is 4.99 Å². The van der Waals surface area contributed by atoms with Crippen LogP contribution in [0.25, 0.3) is 0 Å². The Bertz CT molecular complexity index is 949. The van der Waals surface area contributed by atoms with E-state index < -0.39 is 5.25 Å². The van der Waals surface area contributed by atoms with Crippen molar-refractivity contribution in [2.75, 3.05) is 18.5 Å². The molecule has 0 bridgehead atoms. The summed E-state index contributed by atoms with van der Waals surface area (Å²) < 4.78 is 23.9. The maximum Gasteiger partial charge on any atom is 0.240 e. The van der Waals surface area contributed by atoms with Crippen molar-refractivity contribution in [3.63, 3.8) is 0 Å². The number of nitrogens with one attached hydrogen (secondary N) is 2. The molecule has 28 heavy (non-hydrogen) atoms. The molecule has 4 rings (SSSR count). The highest BCUT2D eigenvalue weighted by molar-refractivity contribution is 8.15. The molecule has 0 aromatic heterocycles. The molecule has 2 N–H and O–H groups in total. The Morgan fingerprint density at radius 2 is 1.93 bits per heavy atom. The number of amidine groups is 1. The van der Waals surface area contributed by atoms with Crippen LogP contribution in [0.15, 0.2) is 47.5 Å². The van der Waals surface area contributed by atoms with Gasteiger partial charge in [0, 0.05) is 18.2 Å². The number of rotatable bonds is 4. The lowest BCUT2D eigenvalue weighted by Gasteiger charge is -2.18. The molecule has 7 nitrogen and oxygen atoms in total. The monoisotopic (exact) mass is 401 g/mol. The third-order valence-corrected chi connectivity index (χ3v) is 5.11. The molecule has 0 saturated carbocycles. The van der Waals surface area contributed by atoms with Gasteiger partial charge in [-0.15, -0.1) is 0 Å². The van der Waals surface area contributed by atoms with E-state index in [0.29, 0.717) is 41.3 Å². The first-order valence-electron chi connectivity index (χ1n) is 8.58. The van der Waals surface area contributed by atoms with Gasteiger partial charge in [0.2, 0.25) is 11.8 Å². The van der Waals surface area contributed by atoms with Gasteiger partial charge in [-0.05, 0) is 36.4 Å². The number of amides is 2. The average molecular weight is 401 g/mol. The zero-order chi connectivity index (χ0) is 19.5. The summed E-state index contributed by atoms with van der Waals surface area (Å²) in [5.74, 6) is 0.269. The van der Waals surface area contributed by atoms with Gasteiger partial charge >= 0.3 is 0 Å². The molecule has 2 amide bonds. The molecular weight excluding hydrogens is 385 g/mol. The van der Waals surface area contributed by atoms with Gasteiger partial charge < -0.3 is 20.1 Å². The van der Waals surface area contributed by atoms with Gasteiger partial charge in [-0.25, -0.2) is 9.38 Å². The second kappa shape index (κ2) is 7.89. The van der Waals surface area contributed by atoms with E-state index in [2.05, 4.69) is 15.6 Å². The maximum absolute atomic E-state index is 12.9. The molecule has 2 heterocycles. The quantitative estimate of drug-likeness (QED) is 0.823. The smallest absolute Gasteiger partial charge is 0.240 e. The number of thioether (sulfide) groups is 1. The molecule has 1 fully saturated rings. The summed E-state index contributed by atoms with van der Waals surface area (Å²) in [6.07, 6.45) is -0.0198. The molecule has 1 atom stereocenters. The minimum Gasteiger partial charge on any atom is -0.486 e. The van der Waals surface area contributed by atoms with Gasteiger partial charge in [0.05, 0.1) is 5.69 Å². The number of hydrogen-bond acceptors (Lipinski definition) is 6. The van der Waals surface area contributed by atoms with Crippen LogP contribution in [0.5, 0.6) is 11.5 Å². The Labute approximate surface area is 164 Å². The summed E-state index contributed by atoms with van der Waals surface area (Å²) in [7, 11) is 0. The van der Waals surface area contributed by atoms with Gasteiger partial charge in [-0.3, -0.25) is 9.59 Å². The van der Waals surface area contributed by atoms with Crippen LogP contribution in [0.4, 0.5) is 15.8 Å². The van der Waals surface area contributed by atoms with Crippen LogP contribution < -0.4 is 20.1 Å². The Kier molecular flexibility index (Phi) is 5.16. The highest BCUT2D eigenvalue weighted by Gasteiger charge is 2.32. The average Bonchev–Trinajstić information content (AvgIpc) is 3.02. The molecule has 0 unspecified atom stereocenters. The predicted octanol–water partition coefficient (Wildman–Crippen LogP) is 2.84. The fourth-order valence-electron chi connectivity index (χ4n) is 2.72. The van der Waals surface area contributed by atoms with E-state index >= 15 is 0 Å². The van der Waals surface area contributed by atoms with Crippen molar-refractivity contribution in [3.05, 3.63) is 48.3 Å². The van der Waals surface area contributed by atoms with E-state index in [1.165, 1.54) is 36.0 Å². The van der Waals surface area contributed by atoms with Crippen molar-refractivity contribution < 1.29 is 23.5 Å². The standard InChI is InChI=1S/C19H16FN3O4S/c20-11-1-3-12(4-2-11)21-17(24)10-16-18(25)23-19(28-16)22-13-5-6-14-15(9-13)27-8-7-26-14/h1-6,9,16H,7-8,10H2,(H,21,24)(H,22,23,25)/t16-/m1/s1. The highest BCUT2D eigenvalue weighted by Crippen LogP contribution is 2.34. The molecule has 2 aliphatic rings. The summed E-state index contributed by atoms with van der Waals surface area (Å²) in [6.45, 7) is 0.984. The molecule has 0 aliphatic carbocycles. The van der Waals surface area contributed by atoms with E-state index in [1.54, 1.807) is 18.2 Å². The van der Waals surface area contributed by atoms with Crippen LogP contribution in [0.3, 0.4) is 0 Å². The van der Waals surface area contributed by atoms with Crippen molar-refractivity contribution in [2.45, 2.75) is 11.7 Å². The fraction of sp³-hybridized carbons (Fsp3) is 0.211. The molecule has 2 aromatic carbocycles. The molecular formula is C19H16FN3O4S. The number of aliphatic imine (C=N–C) groups is 1. The van der Waals surface area contributed by atoms with Crippen LogP contribution in [0.2, 0.25) is 0 Å². The third-order valence-electron chi connectivity index (χ3n) is 4.03. The molecule has 2 aliphatic heterocycles. The van der Waals surface area contributed by atoms with E-state index in [1.807, 2.05) is 0 Å². The zero-order valence-corrected chi connectivity index (χ0v) is 15.4. The number of carbonyl (C=O) groups excluding carboxylic acids is 2. The normalized spacial score (nSPS) is 19.4. The first kappa shape index (κ1) is 18.3. The lowest BCUT2D eigenvalue weighted by molar-refractivity contribution is -0.122. The second-order valence-corrected chi connectivity index (χ2v) is 7.29. The maximum atomic E-state index is 12.9. The van der Waals surface area contributed by atoms with Crippen LogP contribution in [-0.4, -0.2) is 35.4 Å². The highest BCUT2D eigenvalue weighted by atomic mass is 32.2. The van der Waals surface area contributed by atoms with Gasteiger partial charge in [-0.1, -0.05) is 11.8 Å². The summed E-state index contributed by atoms with van der Waals surface area (Å²) in [4.78, 5) is 28.7. The Morgan fingerprint density at radius 3 is 2.71 bits per heavy atom. The van der Waals surface area contributed by atoms with E-state index in [4.69, 9.17) is 9.47 Å². The van der Waals surface area contributed by atoms with Crippen molar-refractivity contribution in [1.29, 1.82) is 0 Å². The van der Waals surface area contributed by atoms with Gasteiger partial charge in [0.1, 0.15) is 24.3 Å². The third kappa shape index (κ3) is 4.25. The van der Waals surface area contributed by atoms with E-state index in [9.17, 15) is 14.0 Å². The number of fused-ring (bicyclic) bond motifs is 1. The first-order valence-corrected chi connectivity index (χ1v) is 9.46. The van der Waals surface area contributed by atoms with Crippen molar-refractivity contribution >= 4 is 40.1 Å². The Hall–Kier alpha value is -3.07. The molecule has 144 valence electrons. The van der Waals surface area contributed by atoms with E-state index in [0.717, 1.165) is 0 Å². The number of ether oxygens (including phenoxy) is 2. The van der Waals surface area contributed by atoms with E-state index in [-0.39, 0.29) is 24.1 Å². The summed E-state index contributed by atoms with van der Waals surface area (Å²) >= 11 is 1.19. The second-order valence-electron chi connectivity index (χ2n) is 6.10. The largest absolute Gasteiger partial charge is 0.486 e. The molecule has 0 radical (unpaired) electrons. The van der Waals surface area contributed by atoms with Crippen LogP contribution in [0, 0.1) is 5.82 Å². The Morgan fingerprint density at radius 1 is 1.18 bits per heavy atom. The van der Waals surface area contributed by atoms with Crippen LogP contribution in [-0.2, 0) is 9.59 Å². The number of carbonyl (C=O) groups is 2. The lowest BCUT2D eigenvalue weighted by Crippen LogP contribution is -2.28. The number of halogens is 1. The van der Waals surface area contributed by atoms with Crippen molar-refractivity contribution in [3.8, 4) is 11.5 Å². The van der Waals surface area contributed by atoms with Crippen molar-refractivity contribution in [1.82, 2.24) is 5.32 Å². The molecule has 9 heteroatoms. The first-order chi connectivity index (χ1) is 13.6. The zero-order valence-electron chi connectivity index (χ0n) is 14.6. The molecule has 1 saturated heterocycles. The summed E-state index contributed by atoms with van der Waals surface area (Å²) in [5, 5.41) is 5.16. The SMILES string of the molecule is O=C(C[C@H]1SC(=Nc2ccc3c(c2)OCCO3)NC1=O)Nc1ccc(F)cc1. The van der Waals surface area contributed by atoms with Gasteiger partial charge in [-0.2, -0.15) is 0 Å². The number of anilines is 1.